The largest absolute Gasteiger partial charge is 0.359 e. The molecule has 0 saturated heterocycles. The number of fused-ring (bicyclic) bond motifs is 2. The summed E-state index contributed by atoms with van der Waals surface area (Å²) in [6.45, 7) is 2.04. The lowest BCUT2D eigenvalue weighted by molar-refractivity contribution is 0.769. The van der Waals surface area contributed by atoms with E-state index in [4.69, 9.17) is 0 Å². The monoisotopic (exact) mass is 343 g/mol. The smallest absolute Gasteiger partial charge is 0.176 e. The third-order valence-electron chi connectivity index (χ3n) is 3.43. The molecule has 0 aliphatic carbocycles. The van der Waals surface area contributed by atoms with Crippen molar-refractivity contribution < 1.29 is 0 Å². The molecule has 1 N–H and O–H groups in total. The number of nitrogens with one attached hydrogen (secondary N) is 1. The summed E-state index contributed by atoms with van der Waals surface area (Å²) >= 11 is 3.20. The van der Waals surface area contributed by atoms with Crippen LogP contribution < -0.4 is 5.32 Å². The number of aromatic nitrogens is 6. The lowest BCUT2D eigenvalue weighted by Gasteiger charge is -2.12. The predicted molar refractivity (Wildman–Crippen MR) is 92.0 cm³/mol. The molecule has 0 aliphatic rings. The fraction of sp³-hybridized carbons (Fsp3) is 0.214. The van der Waals surface area contributed by atoms with E-state index in [1.165, 1.54) is 6.33 Å². The average molecular weight is 343 g/mol. The van der Waals surface area contributed by atoms with Crippen LogP contribution in [0.3, 0.4) is 0 Å². The van der Waals surface area contributed by atoms with E-state index in [0.717, 1.165) is 32.0 Å². The second-order valence-corrected chi connectivity index (χ2v) is 6.96. The summed E-state index contributed by atoms with van der Waals surface area (Å²) in [7, 11) is 0. The van der Waals surface area contributed by atoms with Crippen LogP contribution in [0.2, 0.25) is 0 Å². The molecule has 4 rings (SSSR count). The molecule has 23 heavy (non-hydrogen) atoms. The van der Waals surface area contributed by atoms with Gasteiger partial charge in [-0.2, -0.15) is 0 Å². The number of anilines is 1. The highest BCUT2D eigenvalue weighted by Gasteiger charge is 2.16. The van der Waals surface area contributed by atoms with Crippen molar-refractivity contribution in [3.8, 4) is 0 Å². The Hall–Kier alpha value is -2.26. The van der Waals surface area contributed by atoms with Crippen molar-refractivity contribution in [3.05, 3.63) is 36.5 Å². The van der Waals surface area contributed by atoms with Crippen LogP contribution in [0.25, 0.3) is 16.0 Å². The van der Waals surface area contributed by atoms with Crippen LogP contribution in [0.1, 0.15) is 18.8 Å². The van der Waals surface area contributed by atoms with Gasteiger partial charge in [-0.3, -0.25) is 4.40 Å². The highest BCUT2D eigenvalue weighted by Crippen LogP contribution is 2.32. The molecule has 1 unspecified atom stereocenters. The number of thioether (sulfide) groups is 1. The molecule has 0 bridgehead atoms. The molecule has 9 heteroatoms. The molecule has 4 heterocycles. The minimum absolute atomic E-state index is 0.0506. The highest BCUT2D eigenvalue weighted by molar-refractivity contribution is 8.00. The molecule has 0 aliphatic heterocycles. The molecular formula is C14H13N7S2. The van der Waals surface area contributed by atoms with Gasteiger partial charge in [0.2, 0.25) is 0 Å². The van der Waals surface area contributed by atoms with Gasteiger partial charge in [-0.25, -0.2) is 15.0 Å². The summed E-state index contributed by atoms with van der Waals surface area (Å²) in [5.41, 5.74) is 1.54. The number of hydrogen-bond acceptors (Lipinski definition) is 8. The molecule has 4 aromatic rings. The summed E-state index contributed by atoms with van der Waals surface area (Å²) in [6, 6.07) is 5.79. The van der Waals surface area contributed by atoms with E-state index in [1.54, 1.807) is 23.1 Å². The van der Waals surface area contributed by atoms with Crippen LogP contribution in [0.5, 0.6) is 0 Å². The van der Waals surface area contributed by atoms with E-state index in [0.29, 0.717) is 0 Å². The Labute approximate surface area is 140 Å². The zero-order valence-corrected chi connectivity index (χ0v) is 14.1. The van der Waals surface area contributed by atoms with Gasteiger partial charge in [-0.1, -0.05) is 17.8 Å². The van der Waals surface area contributed by atoms with Crippen LogP contribution >= 0.6 is 23.1 Å². The number of pyridine rings is 1. The maximum atomic E-state index is 4.47. The van der Waals surface area contributed by atoms with Gasteiger partial charge in [0.15, 0.2) is 21.5 Å². The third kappa shape index (κ3) is 2.51. The summed E-state index contributed by atoms with van der Waals surface area (Å²) in [4.78, 5) is 13.1. The van der Waals surface area contributed by atoms with E-state index in [-0.39, 0.29) is 6.04 Å². The molecule has 0 amide bonds. The molecule has 0 radical (unpaired) electrons. The summed E-state index contributed by atoms with van der Waals surface area (Å²) in [5, 5.41) is 11.9. The van der Waals surface area contributed by atoms with E-state index >= 15 is 0 Å². The van der Waals surface area contributed by atoms with Crippen molar-refractivity contribution in [3.63, 3.8) is 0 Å². The topological polar surface area (TPSA) is 80.9 Å². The van der Waals surface area contributed by atoms with Gasteiger partial charge in [-0.15, -0.1) is 21.5 Å². The van der Waals surface area contributed by atoms with Gasteiger partial charge < -0.3 is 5.32 Å². The summed E-state index contributed by atoms with van der Waals surface area (Å²) in [5.74, 6) is 1.61. The minimum atomic E-state index is -0.0506. The summed E-state index contributed by atoms with van der Waals surface area (Å²) in [6.07, 6.45) is 5.49. The normalized spacial score (nSPS) is 12.8. The van der Waals surface area contributed by atoms with Crippen LogP contribution in [0.4, 0.5) is 5.82 Å². The van der Waals surface area contributed by atoms with Crippen LogP contribution in [0, 0.1) is 0 Å². The molecule has 0 fully saturated rings. The maximum absolute atomic E-state index is 4.47. The summed E-state index contributed by atoms with van der Waals surface area (Å²) < 4.78 is 3.90. The average Bonchev–Trinajstić information content (AvgIpc) is 3.19. The molecule has 116 valence electrons. The molecule has 4 aromatic heterocycles. The van der Waals surface area contributed by atoms with Crippen LogP contribution in [-0.2, 0) is 0 Å². The first kappa shape index (κ1) is 14.3. The van der Waals surface area contributed by atoms with Crippen LogP contribution in [0.15, 0.2) is 35.1 Å². The van der Waals surface area contributed by atoms with Crippen molar-refractivity contribution in [2.75, 3.05) is 11.6 Å². The van der Waals surface area contributed by atoms with Gasteiger partial charge >= 0.3 is 0 Å². The minimum Gasteiger partial charge on any atom is -0.359 e. The van der Waals surface area contributed by atoms with Crippen molar-refractivity contribution in [2.24, 2.45) is 0 Å². The molecule has 0 saturated carbocycles. The Balaban J connectivity index is 1.71. The zero-order chi connectivity index (χ0) is 15.8. The molecular weight excluding hydrogens is 330 g/mol. The first-order valence-electron chi connectivity index (χ1n) is 6.98. The molecule has 0 aromatic carbocycles. The van der Waals surface area contributed by atoms with Gasteiger partial charge in [-0.05, 0) is 25.3 Å². The fourth-order valence-corrected chi connectivity index (χ4v) is 3.82. The van der Waals surface area contributed by atoms with Crippen molar-refractivity contribution in [1.82, 2.24) is 29.5 Å². The van der Waals surface area contributed by atoms with E-state index in [9.17, 15) is 0 Å². The van der Waals surface area contributed by atoms with Gasteiger partial charge in [0.25, 0.3) is 0 Å². The second kappa shape index (κ2) is 5.74. The number of rotatable bonds is 4. The lowest BCUT2D eigenvalue weighted by Crippen LogP contribution is -2.11. The Bertz CT molecular complexity index is 978. The zero-order valence-electron chi connectivity index (χ0n) is 12.5. The van der Waals surface area contributed by atoms with E-state index in [2.05, 4.69) is 30.5 Å². The SMILES string of the molecule is CSc1nc2ncnc(NC(C)c3nnc4ccccn34)c2s1. The lowest BCUT2D eigenvalue weighted by atomic mass is 10.3. The molecule has 1 atom stereocenters. The van der Waals surface area contributed by atoms with Gasteiger partial charge in [0.05, 0.1) is 6.04 Å². The second-order valence-electron chi connectivity index (χ2n) is 4.91. The first-order chi connectivity index (χ1) is 11.3. The standard InChI is InChI=1S/C14H13N7S2/c1-8(13-20-19-9-5-3-4-6-21(9)13)17-11-10-12(16-7-15-11)18-14(22-2)23-10/h3-8H,1-2H3,(H,15,16,17). The quantitative estimate of drug-likeness (QED) is 0.570. The fourth-order valence-electron chi connectivity index (χ4n) is 2.35. The van der Waals surface area contributed by atoms with Crippen molar-refractivity contribution in [2.45, 2.75) is 17.3 Å². The highest BCUT2D eigenvalue weighted by atomic mass is 32.2. The third-order valence-corrected chi connectivity index (χ3v) is 5.46. The van der Waals surface area contributed by atoms with E-state index in [1.807, 2.05) is 42.0 Å². The number of nitrogens with zero attached hydrogens (tertiary/aromatic N) is 6. The first-order valence-corrected chi connectivity index (χ1v) is 9.02. The maximum Gasteiger partial charge on any atom is 0.176 e. The molecule has 0 spiro atoms. The Morgan fingerprint density at radius 1 is 1.26 bits per heavy atom. The molecule has 7 nitrogen and oxygen atoms in total. The number of thiazole rings is 1. The van der Waals surface area contributed by atoms with Crippen molar-refractivity contribution in [1.29, 1.82) is 0 Å². The van der Waals surface area contributed by atoms with Crippen LogP contribution in [-0.4, -0.2) is 35.8 Å². The van der Waals surface area contributed by atoms with E-state index < -0.39 is 0 Å². The predicted octanol–water partition coefficient (Wildman–Crippen LogP) is 3.02. The number of hydrogen-bond donors (Lipinski definition) is 1. The Kier molecular flexibility index (Phi) is 3.58. The van der Waals surface area contributed by atoms with Crippen molar-refractivity contribution >= 4 is 44.9 Å². The van der Waals surface area contributed by atoms with Gasteiger partial charge in [0, 0.05) is 6.20 Å². The van der Waals surface area contributed by atoms with Gasteiger partial charge in [0.1, 0.15) is 16.8 Å². The Morgan fingerprint density at radius 2 is 2.17 bits per heavy atom. The Morgan fingerprint density at radius 3 is 3.04 bits per heavy atom.